The number of pyridine rings is 1. The number of nitriles is 1. The number of hydrogen-bond donors (Lipinski definition) is 0. The minimum Gasteiger partial charge on any atom is -0.497 e. The van der Waals surface area contributed by atoms with Crippen LogP contribution in [0.1, 0.15) is 5.56 Å². The molecule has 0 amide bonds. The quantitative estimate of drug-likeness (QED) is 0.768. The van der Waals surface area contributed by atoms with Crippen LogP contribution in [0.3, 0.4) is 0 Å². The number of nitrogens with zero attached hydrogens (tertiary/aromatic N) is 2. The predicted octanol–water partition coefficient (Wildman–Crippen LogP) is 2.12. The van der Waals surface area contributed by atoms with Crippen molar-refractivity contribution in [3.63, 3.8) is 0 Å². The average molecular weight is 214 g/mol. The van der Waals surface area contributed by atoms with Gasteiger partial charge in [0.15, 0.2) is 0 Å². The summed E-state index contributed by atoms with van der Waals surface area (Å²) in [6.07, 6.45) is 1.53. The van der Waals surface area contributed by atoms with Gasteiger partial charge in [0.25, 0.3) is 0 Å². The molecular formula is C12H10N2O2. The smallest absolute Gasteiger partial charge is 0.148 e. The topological polar surface area (TPSA) is 55.1 Å². The van der Waals surface area contributed by atoms with E-state index in [1.165, 1.54) is 6.20 Å². The number of rotatable bonds is 2. The van der Waals surface area contributed by atoms with Crippen molar-refractivity contribution in [1.29, 1.82) is 5.26 Å². The molecule has 16 heavy (non-hydrogen) atoms. The molecule has 0 bridgehead atoms. The van der Waals surface area contributed by atoms with Gasteiger partial charge in [0, 0.05) is 17.6 Å². The number of fused-ring (bicyclic) bond motifs is 1. The molecule has 0 N–H and O–H groups in total. The van der Waals surface area contributed by atoms with E-state index in [2.05, 4.69) is 4.98 Å². The van der Waals surface area contributed by atoms with Crippen LogP contribution in [-0.4, -0.2) is 19.2 Å². The van der Waals surface area contributed by atoms with Crippen molar-refractivity contribution in [1.82, 2.24) is 4.98 Å². The summed E-state index contributed by atoms with van der Waals surface area (Å²) in [7, 11) is 3.16. The third-order valence-corrected chi connectivity index (χ3v) is 2.31. The van der Waals surface area contributed by atoms with Gasteiger partial charge in [-0.1, -0.05) is 0 Å². The molecule has 0 unspecified atom stereocenters. The zero-order valence-electron chi connectivity index (χ0n) is 9.02. The average Bonchev–Trinajstić information content (AvgIpc) is 2.36. The highest BCUT2D eigenvalue weighted by atomic mass is 16.5. The lowest BCUT2D eigenvalue weighted by Gasteiger charge is -2.07. The Hall–Kier alpha value is -2.28. The van der Waals surface area contributed by atoms with Crippen LogP contribution in [0, 0.1) is 11.3 Å². The maximum Gasteiger partial charge on any atom is 0.148 e. The molecule has 4 nitrogen and oxygen atoms in total. The van der Waals surface area contributed by atoms with Crippen molar-refractivity contribution in [3.05, 3.63) is 30.0 Å². The molecule has 1 heterocycles. The monoisotopic (exact) mass is 214 g/mol. The molecule has 1 aromatic carbocycles. The number of methoxy groups -OCH3 is 2. The summed E-state index contributed by atoms with van der Waals surface area (Å²) in [5, 5.41) is 9.63. The zero-order chi connectivity index (χ0) is 11.5. The molecule has 0 saturated carbocycles. The highest BCUT2D eigenvalue weighted by Gasteiger charge is 2.07. The van der Waals surface area contributed by atoms with Crippen LogP contribution >= 0.6 is 0 Å². The van der Waals surface area contributed by atoms with Crippen molar-refractivity contribution < 1.29 is 9.47 Å². The lowest BCUT2D eigenvalue weighted by molar-refractivity contribution is 0.397. The molecule has 0 radical (unpaired) electrons. The Balaban J connectivity index is 2.75. The highest BCUT2D eigenvalue weighted by Crippen LogP contribution is 2.29. The van der Waals surface area contributed by atoms with Gasteiger partial charge in [-0.2, -0.15) is 5.26 Å². The molecule has 1 aromatic heterocycles. The maximum absolute atomic E-state index is 8.80. The fraction of sp³-hybridized carbons (Fsp3) is 0.167. The summed E-state index contributed by atoms with van der Waals surface area (Å²) >= 11 is 0. The molecule has 2 rings (SSSR count). The second kappa shape index (κ2) is 4.07. The van der Waals surface area contributed by atoms with Crippen molar-refractivity contribution in [2.45, 2.75) is 0 Å². The summed E-state index contributed by atoms with van der Waals surface area (Å²) in [6.45, 7) is 0. The van der Waals surface area contributed by atoms with Crippen LogP contribution in [0.5, 0.6) is 11.5 Å². The fourth-order valence-corrected chi connectivity index (χ4v) is 1.52. The highest BCUT2D eigenvalue weighted by molar-refractivity contribution is 5.87. The SMILES string of the molecule is COc1cc(OC)c2ncc(C#N)cc2c1. The van der Waals surface area contributed by atoms with E-state index in [4.69, 9.17) is 14.7 Å². The van der Waals surface area contributed by atoms with Gasteiger partial charge in [-0.05, 0) is 12.1 Å². The first-order valence-electron chi connectivity index (χ1n) is 4.70. The zero-order valence-corrected chi connectivity index (χ0v) is 9.02. The van der Waals surface area contributed by atoms with E-state index in [1.807, 2.05) is 12.1 Å². The van der Waals surface area contributed by atoms with Crippen molar-refractivity contribution in [2.75, 3.05) is 14.2 Å². The Morgan fingerprint density at radius 3 is 2.62 bits per heavy atom. The van der Waals surface area contributed by atoms with E-state index < -0.39 is 0 Å². The third kappa shape index (κ3) is 1.63. The van der Waals surface area contributed by atoms with Gasteiger partial charge in [0.2, 0.25) is 0 Å². The van der Waals surface area contributed by atoms with Gasteiger partial charge in [-0.25, -0.2) is 0 Å². The van der Waals surface area contributed by atoms with Crippen LogP contribution in [0.25, 0.3) is 10.9 Å². The van der Waals surface area contributed by atoms with Crippen LogP contribution in [0.15, 0.2) is 24.4 Å². The third-order valence-electron chi connectivity index (χ3n) is 2.31. The molecule has 0 aliphatic rings. The Morgan fingerprint density at radius 1 is 1.19 bits per heavy atom. The van der Waals surface area contributed by atoms with E-state index in [-0.39, 0.29) is 0 Å². The lowest BCUT2D eigenvalue weighted by Crippen LogP contribution is -1.91. The summed E-state index contributed by atoms with van der Waals surface area (Å²) in [6, 6.07) is 7.40. The molecule has 0 atom stereocenters. The van der Waals surface area contributed by atoms with E-state index in [9.17, 15) is 0 Å². The Kier molecular flexibility index (Phi) is 2.61. The normalized spacial score (nSPS) is 9.81. The van der Waals surface area contributed by atoms with Crippen molar-refractivity contribution in [3.8, 4) is 17.6 Å². The summed E-state index contributed by atoms with van der Waals surface area (Å²) < 4.78 is 10.4. The molecule has 0 fully saturated rings. The van der Waals surface area contributed by atoms with E-state index in [1.54, 1.807) is 26.4 Å². The van der Waals surface area contributed by atoms with Gasteiger partial charge in [-0.3, -0.25) is 4.98 Å². The minimum absolute atomic E-state index is 0.516. The van der Waals surface area contributed by atoms with E-state index >= 15 is 0 Å². The van der Waals surface area contributed by atoms with E-state index in [0.717, 1.165) is 10.9 Å². The molecule has 2 aromatic rings. The fourth-order valence-electron chi connectivity index (χ4n) is 1.52. The number of hydrogen-bond acceptors (Lipinski definition) is 4. The second-order valence-corrected chi connectivity index (χ2v) is 3.24. The maximum atomic E-state index is 8.80. The lowest BCUT2D eigenvalue weighted by atomic mass is 10.1. The van der Waals surface area contributed by atoms with Gasteiger partial charge < -0.3 is 9.47 Å². The van der Waals surface area contributed by atoms with Gasteiger partial charge >= 0.3 is 0 Å². The first kappa shape index (κ1) is 10.2. The first-order valence-corrected chi connectivity index (χ1v) is 4.70. The molecule has 0 saturated heterocycles. The second-order valence-electron chi connectivity index (χ2n) is 3.24. The van der Waals surface area contributed by atoms with Crippen LogP contribution in [0.4, 0.5) is 0 Å². The molecule has 80 valence electrons. The first-order chi connectivity index (χ1) is 7.78. The van der Waals surface area contributed by atoms with Crippen LogP contribution in [-0.2, 0) is 0 Å². The van der Waals surface area contributed by atoms with Gasteiger partial charge in [-0.15, -0.1) is 0 Å². The predicted molar refractivity (Wildman–Crippen MR) is 59.6 cm³/mol. The van der Waals surface area contributed by atoms with Crippen molar-refractivity contribution in [2.24, 2.45) is 0 Å². The largest absolute Gasteiger partial charge is 0.497 e. The number of benzene rings is 1. The van der Waals surface area contributed by atoms with Gasteiger partial charge in [0.05, 0.1) is 19.8 Å². The molecule has 0 spiro atoms. The summed E-state index contributed by atoms with van der Waals surface area (Å²) in [5.74, 6) is 1.32. The number of ether oxygens (including phenoxy) is 2. The Labute approximate surface area is 93.0 Å². The summed E-state index contributed by atoms with van der Waals surface area (Å²) in [5.41, 5.74) is 1.24. The Bertz CT molecular complexity index is 573. The molecular weight excluding hydrogens is 204 g/mol. The summed E-state index contributed by atoms with van der Waals surface area (Å²) in [4.78, 5) is 4.20. The molecule has 0 aliphatic heterocycles. The minimum atomic E-state index is 0.516. The number of aromatic nitrogens is 1. The van der Waals surface area contributed by atoms with Gasteiger partial charge in [0.1, 0.15) is 23.1 Å². The Morgan fingerprint density at radius 2 is 2.00 bits per heavy atom. The standard InChI is InChI=1S/C12H10N2O2/c1-15-10-4-9-3-8(6-13)7-14-12(9)11(5-10)16-2/h3-5,7H,1-2H3. The molecule has 0 aliphatic carbocycles. The van der Waals surface area contributed by atoms with Crippen molar-refractivity contribution >= 4 is 10.9 Å². The molecule has 4 heteroatoms. The van der Waals surface area contributed by atoms with Crippen LogP contribution < -0.4 is 9.47 Å². The van der Waals surface area contributed by atoms with Crippen LogP contribution in [0.2, 0.25) is 0 Å². The van der Waals surface area contributed by atoms with E-state index in [0.29, 0.717) is 17.1 Å².